The molecule has 0 aliphatic carbocycles. The van der Waals surface area contributed by atoms with Crippen LogP contribution in [0.25, 0.3) is 0 Å². The molecule has 37 heavy (non-hydrogen) atoms. The van der Waals surface area contributed by atoms with E-state index in [4.69, 9.17) is 0 Å². The van der Waals surface area contributed by atoms with E-state index in [1.54, 1.807) is 17.0 Å². The number of hydrogen-bond acceptors (Lipinski definition) is 5. The highest BCUT2D eigenvalue weighted by molar-refractivity contribution is 5.96. The zero-order valence-corrected chi connectivity index (χ0v) is 20.6. The third kappa shape index (κ3) is 6.49. The molecule has 1 saturated heterocycles. The molecule has 4 rings (SSSR count). The summed E-state index contributed by atoms with van der Waals surface area (Å²) in [6.07, 6.45) is -3.57. The molecule has 1 unspecified atom stereocenters. The number of alkyl halides is 3. The summed E-state index contributed by atoms with van der Waals surface area (Å²) in [6.45, 7) is 3.45. The predicted octanol–water partition coefficient (Wildman–Crippen LogP) is 3.77. The summed E-state index contributed by atoms with van der Waals surface area (Å²) in [5.41, 5.74) is 3.70. The number of halogens is 3. The molecule has 1 fully saturated rings. The van der Waals surface area contributed by atoms with Crippen LogP contribution < -0.4 is 10.6 Å². The highest BCUT2D eigenvalue weighted by Gasteiger charge is 2.43. The molecular weight excluding hydrogens is 487 g/mol. The molecule has 0 bridgehead atoms. The van der Waals surface area contributed by atoms with E-state index in [9.17, 15) is 27.6 Å². The minimum atomic E-state index is -5.13. The molecule has 2 amide bonds. The highest BCUT2D eigenvalue weighted by Crippen LogP contribution is 2.30. The molecule has 0 spiro atoms. The fourth-order valence-corrected chi connectivity index (χ4v) is 4.96. The third-order valence-corrected chi connectivity index (χ3v) is 6.98. The van der Waals surface area contributed by atoms with Crippen LogP contribution in [0.2, 0.25) is 0 Å². The number of piperidine rings is 1. The average molecular weight is 518 g/mol. The monoisotopic (exact) mass is 517 g/mol. The molecule has 198 valence electrons. The Balaban J connectivity index is 1.35. The zero-order valence-electron chi connectivity index (χ0n) is 20.6. The van der Waals surface area contributed by atoms with E-state index in [0.717, 1.165) is 12.8 Å². The lowest BCUT2D eigenvalue weighted by molar-refractivity contribution is -0.206. The van der Waals surface area contributed by atoms with Gasteiger partial charge in [0, 0.05) is 24.2 Å². The van der Waals surface area contributed by atoms with Crippen LogP contribution in [0.15, 0.2) is 42.5 Å². The molecule has 2 aliphatic rings. The molecule has 2 aliphatic heterocycles. The molecule has 7 nitrogen and oxygen atoms in total. The molecular formula is C27H30F3N3O4. The number of amides is 2. The molecule has 0 radical (unpaired) electrons. The lowest BCUT2D eigenvalue weighted by Crippen LogP contribution is -2.43. The van der Waals surface area contributed by atoms with Gasteiger partial charge in [-0.15, -0.1) is 0 Å². The highest BCUT2D eigenvalue weighted by atomic mass is 19.4. The smallest absolute Gasteiger partial charge is 0.436 e. The first-order valence-corrected chi connectivity index (χ1v) is 12.4. The maximum Gasteiger partial charge on any atom is 0.490 e. The van der Waals surface area contributed by atoms with Crippen LogP contribution >= 0.6 is 0 Å². The molecule has 2 aromatic carbocycles. The normalized spacial score (nSPS) is 18.5. The number of carbonyl (C=O) groups excluding carboxylic acids is 3. The van der Waals surface area contributed by atoms with Crippen molar-refractivity contribution in [2.75, 3.05) is 26.2 Å². The molecule has 0 saturated carbocycles. The topological polar surface area (TPSA) is 87.7 Å². The predicted molar refractivity (Wildman–Crippen MR) is 130 cm³/mol. The standard InChI is InChI=1S/C27H30F3N3O4/c1-17-5-2-3-7-21(17)19-10-13-33(14-11-19)23(34)16-32-24(35)20-9-8-18-6-4-12-31-25(22(18)15-20)37-26(36)27(28,29)30/h2-3,5,7-9,15,19,25,31H,4,6,10-14,16H2,1H3,(H,32,35). The quantitative estimate of drug-likeness (QED) is 0.590. The molecule has 2 aromatic rings. The average Bonchev–Trinajstić information content (AvgIpc) is 3.08. The summed E-state index contributed by atoms with van der Waals surface area (Å²) in [4.78, 5) is 38.7. The first-order chi connectivity index (χ1) is 17.6. The SMILES string of the molecule is Cc1ccccc1C1CCN(C(=O)CNC(=O)c2ccc3c(c2)C(OC(=O)C(F)(F)F)NCCC3)CC1. The molecule has 0 aromatic heterocycles. The van der Waals surface area contributed by atoms with Crippen molar-refractivity contribution in [3.8, 4) is 0 Å². The Morgan fingerprint density at radius 3 is 2.51 bits per heavy atom. The van der Waals surface area contributed by atoms with Crippen molar-refractivity contribution in [3.05, 3.63) is 70.3 Å². The van der Waals surface area contributed by atoms with E-state index < -0.39 is 24.3 Å². The van der Waals surface area contributed by atoms with Crippen LogP contribution in [0.4, 0.5) is 13.2 Å². The zero-order chi connectivity index (χ0) is 26.6. The van der Waals surface area contributed by atoms with Gasteiger partial charge in [-0.3, -0.25) is 14.9 Å². The number of nitrogens with one attached hydrogen (secondary N) is 2. The van der Waals surface area contributed by atoms with E-state index in [0.29, 0.717) is 49.5 Å². The van der Waals surface area contributed by atoms with Gasteiger partial charge in [0.25, 0.3) is 5.91 Å². The van der Waals surface area contributed by atoms with E-state index >= 15 is 0 Å². The van der Waals surface area contributed by atoms with Gasteiger partial charge in [-0.25, -0.2) is 4.79 Å². The van der Waals surface area contributed by atoms with Gasteiger partial charge in [0.2, 0.25) is 5.91 Å². The van der Waals surface area contributed by atoms with E-state index in [1.165, 1.54) is 17.2 Å². The van der Waals surface area contributed by atoms with Crippen molar-refractivity contribution in [1.82, 2.24) is 15.5 Å². The Morgan fingerprint density at radius 1 is 1.08 bits per heavy atom. The van der Waals surface area contributed by atoms with Gasteiger partial charge < -0.3 is 15.0 Å². The number of likely N-dealkylation sites (tertiary alicyclic amines) is 1. The van der Waals surface area contributed by atoms with Crippen LogP contribution in [0, 0.1) is 6.92 Å². The molecule has 2 N–H and O–H groups in total. The van der Waals surface area contributed by atoms with Crippen LogP contribution in [-0.4, -0.2) is 55.0 Å². The van der Waals surface area contributed by atoms with Crippen LogP contribution in [-0.2, 0) is 20.7 Å². The Bertz CT molecular complexity index is 1160. The van der Waals surface area contributed by atoms with Crippen molar-refractivity contribution in [2.45, 2.75) is 50.9 Å². The summed E-state index contributed by atoms with van der Waals surface area (Å²) in [5, 5.41) is 5.40. The maximum absolute atomic E-state index is 12.8. The second-order valence-corrected chi connectivity index (χ2v) is 9.45. The van der Waals surface area contributed by atoms with E-state index in [1.807, 2.05) is 12.1 Å². The number of benzene rings is 2. The largest absolute Gasteiger partial charge is 0.490 e. The van der Waals surface area contributed by atoms with Gasteiger partial charge in [0.15, 0.2) is 6.23 Å². The molecule has 2 heterocycles. The van der Waals surface area contributed by atoms with Crippen LogP contribution in [0.5, 0.6) is 0 Å². The number of rotatable bonds is 5. The van der Waals surface area contributed by atoms with Gasteiger partial charge in [-0.1, -0.05) is 30.3 Å². The number of hydrogen-bond donors (Lipinski definition) is 2. The van der Waals surface area contributed by atoms with Gasteiger partial charge in [0.05, 0.1) is 6.54 Å². The summed E-state index contributed by atoms with van der Waals surface area (Å²) in [6, 6.07) is 12.9. The summed E-state index contributed by atoms with van der Waals surface area (Å²) >= 11 is 0. The summed E-state index contributed by atoms with van der Waals surface area (Å²) in [7, 11) is 0. The number of carbonyl (C=O) groups is 3. The van der Waals surface area contributed by atoms with Gasteiger partial charge in [-0.05, 0) is 73.9 Å². The minimum Gasteiger partial charge on any atom is -0.436 e. The number of ether oxygens (including phenoxy) is 1. The van der Waals surface area contributed by atoms with Crippen molar-refractivity contribution < 1.29 is 32.3 Å². The summed E-state index contributed by atoms with van der Waals surface area (Å²) in [5.74, 6) is -2.63. The van der Waals surface area contributed by atoms with E-state index in [-0.39, 0.29) is 18.0 Å². The van der Waals surface area contributed by atoms with Crippen LogP contribution in [0.3, 0.4) is 0 Å². The summed E-state index contributed by atoms with van der Waals surface area (Å²) < 4.78 is 42.9. The fraction of sp³-hybridized carbons (Fsp3) is 0.444. The Morgan fingerprint density at radius 2 is 1.81 bits per heavy atom. The van der Waals surface area contributed by atoms with Crippen molar-refractivity contribution >= 4 is 17.8 Å². The van der Waals surface area contributed by atoms with Crippen molar-refractivity contribution in [3.63, 3.8) is 0 Å². The second-order valence-electron chi connectivity index (χ2n) is 9.45. The maximum atomic E-state index is 12.8. The second kappa shape index (κ2) is 11.3. The number of fused-ring (bicyclic) bond motifs is 1. The lowest BCUT2D eigenvalue weighted by atomic mass is 9.87. The number of aryl methyl sites for hydroxylation is 2. The Hall–Kier alpha value is -3.40. The number of nitrogens with zero attached hydrogens (tertiary/aromatic N) is 1. The minimum absolute atomic E-state index is 0.168. The van der Waals surface area contributed by atoms with Crippen molar-refractivity contribution in [2.24, 2.45) is 0 Å². The Kier molecular flexibility index (Phi) is 8.16. The lowest BCUT2D eigenvalue weighted by Gasteiger charge is -2.33. The Labute approximate surface area is 213 Å². The molecule has 10 heteroatoms. The van der Waals surface area contributed by atoms with Gasteiger partial charge in [0.1, 0.15) is 0 Å². The molecule has 1 atom stereocenters. The van der Waals surface area contributed by atoms with Crippen LogP contribution in [0.1, 0.15) is 64.0 Å². The third-order valence-electron chi connectivity index (χ3n) is 6.98. The van der Waals surface area contributed by atoms with E-state index in [2.05, 4.69) is 34.4 Å². The fourth-order valence-electron chi connectivity index (χ4n) is 4.96. The van der Waals surface area contributed by atoms with Gasteiger partial charge >= 0.3 is 12.1 Å². The van der Waals surface area contributed by atoms with Gasteiger partial charge in [-0.2, -0.15) is 13.2 Å². The first-order valence-electron chi connectivity index (χ1n) is 12.4. The number of esters is 1. The van der Waals surface area contributed by atoms with Crippen molar-refractivity contribution in [1.29, 1.82) is 0 Å². The first kappa shape index (κ1) is 26.7.